The van der Waals surface area contributed by atoms with Crippen LogP contribution in [-0.4, -0.2) is 30.8 Å². The van der Waals surface area contributed by atoms with E-state index >= 15 is 0 Å². The number of anilines is 1. The van der Waals surface area contributed by atoms with Crippen molar-refractivity contribution in [2.75, 3.05) is 18.0 Å². The van der Waals surface area contributed by atoms with Crippen molar-refractivity contribution in [2.45, 2.75) is 26.8 Å². The van der Waals surface area contributed by atoms with E-state index in [0.717, 1.165) is 17.0 Å². The maximum atomic E-state index is 13.9. The number of benzene rings is 1. The van der Waals surface area contributed by atoms with E-state index in [9.17, 15) is 18.4 Å². The normalized spacial score (nSPS) is 15.8. The molecule has 0 bridgehead atoms. The topological polar surface area (TPSA) is 49.4 Å². The van der Waals surface area contributed by atoms with Gasteiger partial charge in [-0.1, -0.05) is 20.8 Å². The Balaban J connectivity index is 2.25. The van der Waals surface area contributed by atoms with Gasteiger partial charge in [0.2, 0.25) is 0 Å². The summed E-state index contributed by atoms with van der Waals surface area (Å²) in [5.41, 5.74) is -0.689. The summed E-state index contributed by atoms with van der Waals surface area (Å²) in [5.74, 6) is -3.47. The molecule has 1 aliphatic heterocycles. The molecule has 1 heterocycles. The molecule has 1 aromatic rings. The highest BCUT2D eigenvalue weighted by molar-refractivity contribution is 6.52. The largest absolute Gasteiger partial charge is 0.314 e. The van der Waals surface area contributed by atoms with Crippen LogP contribution < -0.4 is 10.2 Å². The number of nitrogens with zero attached hydrogens (tertiary/aromatic N) is 1. The van der Waals surface area contributed by atoms with Crippen molar-refractivity contribution in [3.05, 3.63) is 29.3 Å². The van der Waals surface area contributed by atoms with E-state index < -0.39 is 28.9 Å². The summed E-state index contributed by atoms with van der Waals surface area (Å²) in [6.45, 7) is 6.63. The lowest BCUT2D eigenvalue weighted by molar-refractivity contribution is -0.114. The molecule has 1 aliphatic rings. The molecule has 0 fully saturated rings. The van der Waals surface area contributed by atoms with E-state index in [0.29, 0.717) is 6.54 Å². The molecule has 1 unspecified atom stereocenters. The number of nitrogens with one attached hydrogen (secondary N) is 1. The van der Waals surface area contributed by atoms with Gasteiger partial charge in [-0.2, -0.15) is 0 Å². The molecule has 0 aromatic heterocycles. The number of halogens is 2. The third kappa shape index (κ3) is 2.95. The molecule has 21 heavy (non-hydrogen) atoms. The third-order valence-corrected chi connectivity index (χ3v) is 3.38. The average molecular weight is 296 g/mol. The van der Waals surface area contributed by atoms with Crippen LogP contribution in [0, 0.1) is 17.6 Å². The second-order valence-corrected chi connectivity index (χ2v) is 5.67. The Morgan fingerprint density at radius 2 is 1.76 bits per heavy atom. The Hall–Kier alpha value is -1.82. The van der Waals surface area contributed by atoms with Crippen molar-refractivity contribution in [3.8, 4) is 0 Å². The van der Waals surface area contributed by atoms with Crippen LogP contribution in [0.25, 0.3) is 0 Å². The van der Waals surface area contributed by atoms with E-state index in [4.69, 9.17) is 0 Å². The van der Waals surface area contributed by atoms with Crippen molar-refractivity contribution < 1.29 is 18.4 Å². The van der Waals surface area contributed by atoms with Crippen LogP contribution in [0.5, 0.6) is 0 Å². The van der Waals surface area contributed by atoms with Crippen molar-refractivity contribution in [3.63, 3.8) is 0 Å². The number of rotatable bonds is 5. The maximum Gasteiger partial charge on any atom is 0.299 e. The number of ketones is 1. The van der Waals surface area contributed by atoms with Crippen LogP contribution in [0.1, 0.15) is 31.1 Å². The zero-order valence-corrected chi connectivity index (χ0v) is 12.2. The monoisotopic (exact) mass is 296 g/mol. The minimum atomic E-state index is -0.981. The van der Waals surface area contributed by atoms with Gasteiger partial charge < -0.3 is 10.2 Å². The van der Waals surface area contributed by atoms with E-state index in [1.54, 1.807) is 0 Å². The maximum absolute atomic E-state index is 13.9. The zero-order valence-electron chi connectivity index (χ0n) is 12.2. The van der Waals surface area contributed by atoms with Gasteiger partial charge in [-0.3, -0.25) is 9.59 Å². The Morgan fingerprint density at radius 1 is 1.14 bits per heavy atom. The Kier molecular flexibility index (Phi) is 4.37. The van der Waals surface area contributed by atoms with Gasteiger partial charge in [-0.15, -0.1) is 0 Å². The summed E-state index contributed by atoms with van der Waals surface area (Å²) >= 11 is 0. The van der Waals surface area contributed by atoms with Gasteiger partial charge >= 0.3 is 0 Å². The van der Waals surface area contributed by atoms with Crippen LogP contribution >= 0.6 is 0 Å². The van der Waals surface area contributed by atoms with Crippen LogP contribution in [0.15, 0.2) is 12.1 Å². The molecule has 1 amide bonds. The zero-order chi connectivity index (χ0) is 15.7. The lowest BCUT2D eigenvalue weighted by atomic mass is 10.1. The molecule has 2 rings (SSSR count). The molecule has 1 aromatic carbocycles. The van der Waals surface area contributed by atoms with Gasteiger partial charge in [0.25, 0.3) is 11.7 Å². The van der Waals surface area contributed by atoms with Gasteiger partial charge in [0.05, 0.1) is 11.3 Å². The molecule has 0 saturated carbocycles. The summed E-state index contributed by atoms with van der Waals surface area (Å²) in [7, 11) is 0. The number of Topliss-reactive ketones (excluding diaryl/α,β-unsaturated/α-hetero) is 1. The van der Waals surface area contributed by atoms with Crippen molar-refractivity contribution in [1.82, 2.24) is 5.32 Å². The molecule has 0 saturated heterocycles. The van der Waals surface area contributed by atoms with Gasteiger partial charge in [-0.05, 0) is 24.6 Å². The molecule has 6 heteroatoms. The lowest BCUT2D eigenvalue weighted by Gasteiger charge is -2.22. The van der Waals surface area contributed by atoms with Crippen LogP contribution in [0.4, 0.5) is 14.5 Å². The first kappa shape index (κ1) is 15.6. The fourth-order valence-electron chi connectivity index (χ4n) is 2.34. The van der Waals surface area contributed by atoms with E-state index in [2.05, 4.69) is 5.32 Å². The predicted octanol–water partition coefficient (Wildman–Crippen LogP) is 2.13. The summed E-state index contributed by atoms with van der Waals surface area (Å²) in [4.78, 5) is 24.8. The van der Waals surface area contributed by atoms with Crippen LogP contribution in [0.3, 0.4) is 0 Å². The minimum Gasteiger partial charge on any atom is -0.314 e. The minimum absolute atomic E-state index is 0.00207. The first-order valence-corrected chi connectivity index (χ1v) is 6.90. The molecule has 0 aliphatic carbocycles. The first-order chi connectivity index (χ1) is 9.82. The Morgan fingerprint density at radius 3 is 2.38 bits per heavy atom. The SMILES string of the molecule is CC(CNC(C)C)CN1C(=O)C(=O)c2c(F)ccc(F)c21. The van der Waals surface area contributed by atoms with Crippen LogP contribution in [0.2, 0.25) is 0 Å². The first-order valence-electron chi connectivity index (χ1n) is 6.90. The highest BCUT2D eigenvalue weighted by Gasteiger charge is 2.40. The standard InChI is InChI=1S/C15H18F2N2O2/c1-8(2)18-6-9(3)7-19-13-11(17)5-4-10(16)12(13)14(20)15(19)21/h4-5,8-9,18H,6-7H2,1-3H3. The summed E-state index contributed by atoms with van der Waals surface area (Å²) in [6.07, 6.45) is 0. The molecule has 0 spiro atoms. The number of hydrogen-bond acceptors (Lipinski definition) is 3. The number of amides is 1. The number of fused-ring (bicyclic) bond motifs is 1. The molecular weight excluding hydrogens is 278 g/mol. The molecular formula is C15H18F2N2O2. The summed E-state index contributed by atoms with van der Waals surface area (Å²) in [5, 5.41) is 3.20. The molecule has 114 valence electrons. The highest BCUT2D eigenvalue weighted by Crippen LogP contribution is 2.34. The van der Waals surface area contributed by atoms with Crippen molar-refractivity contribution in [2.24, 2.45) is 5.92 Å². The Bertz CT molecular complexity index is 587. The molecule has 0 radical (unpaired) electrons. The van der Waals surface area contributed by atoms with E-state index in [1.165, 1.54) is 0 Å². The molecule has 4 nitrogen and oxygen atoms in total. The van der Waals surface area contributed by atoms with Gasteiger partial charge in [0.1, 0.15) is 11.6 Å². The van der Waals surface area contributed by atoms with Gasteiger partial charge in [-0.25, -0.2) is 8.78 Å². The third-order valence-electron chi connectivity index (χ3n) is 3.38. The van der Waals surface area contributed by atoms with Crippen molar-refractivity contribution >= 4 is 17.4 Å². The van der Waals surface area contributed by atoms with Crippen molar-refractivity contribution in [1.29, 1.82) is 0 Å². The second-order valence-electron chi connectivity index (χ2n) is 5.67. The van der Waals surface area contributed by atoms with E-state index in [-0.39, 0.29) is 24.2 Å². The quantitative estimate of drug-likeness (QED) is 0.847. The fourth-order valence-corrected chi connectivity index (χ4v) is 2.34. The predicted molar refractivity (Wildman–Crippen MR) is 75.3 cm³/mol. The van der Waals surface area contributed by atoms with Crippen LogP contribution in [-0.2, 0) is 4.79 Å². The van der Waals surface area contributed by atoms with E-state index in [1.807, 2.05) is 20.8 Å². The smallest absolute Gasteiger partial charge is 0.299 e. The average Bonchev–Trinajstić information content (AvgIpc) is 2.67. The summed E-state index contributed by atoms with van der Waals surface area (Å²) < 4.78 is 27.6. The van der Waals surface area contributed by atoms with Gasteiger partial charge in [0.15, 0.2) is 0 Å². The number of carbonyl (C=O) groups excluding carboxylic acids is 2. The molecule has 1 N–H and O–H groups in total. The van der Waals surface area contributed by atoms with Gasteiger partial charge in [0, 0.05) is 12.6 Å². The molecule has 1 atom stereocenters. The number of hydrogen-bond donors (Lipinski definition) is 1. The second kappa shape index (κ2) is 5.89. The summed E-state index contributed by atoms with van der Waals surface area (Å²) in [6, 6.07) is 2.08. The Labute approximate surface area is 122 Å². The fraction of sp³-hybridized carbons (Fsp3) is 0.467. The highest BCUT2D eigenvalue weighted by atomic mass is 19.1. The number of carbonyl (C=O) groups is 2. The lowest BCUT2D eigenvalue weighted by Crippen LogP contribution is -2.38.